The van der Waals surface area contributed by atoms with Crippen molar-refractivity contribution in [3.8, 4) is 0 Å². The van der Waals surface area contributed by atoms with Crippen molar-refractivity contribution >= 4 is 15.9 Å². The van der Waals surface area contributed by atoms with Gasteiger partial charge in [0.2, 0.25) is 10.0 Å². The molecular formula is C18H23FN4O3S. The number of rotatable bonds is 6. The van der Waals surface area contributed by atoms with Crippen LogP contribution in [0.1, 0.15) is 25.3 Å². The first-order chi connectivity index (χ1) is 12.8. The number of sulfonamides is 1. The van der Waals surface area contributed by atoms with Crippen LogP contribution in [0.15, 0.2) is 47.6 Å². The minimum absolute atomic E-state index is 0.0467. The van der Waals surface area contributed by atoms with Gasteiger partial charge in [-0.2, -0.15) is 9.40 Å². The number of hydrogen-bond donors (Lipinski definition) is 1. The Balaban J connectivity index is 1.60. The summed E-state index contributed by atoms with van der Waals surface area (Å²) in [5, 5.41) is 6.59. The van der Waals surface area contributed by atoms with E-state index in [4.69, 9.17) is 0 Å². The van der Waals surface area contributed by atoms with E-state index in [0.29, 0.717) is 6.54 Å². The number of benzene rings is 1. The Morgan fingerprint density at radius 2 is 1.93 bits per heavy atom. The van der Waals surface area contributed by atoms with Crippen molar-refractivity contribution in [2.45, 2.75) is 43.4 Å². The van der Waals surface area contributed by atoms with Crippen LogP contribution < -0.4 is 5.32 Å². The van der Waals surface area contributed by atoms with Crippen molar-refractivity contribution in [3.05, 3.63) is 48.3 Å². The topological polar surface area (TPSA) is 84.3 Å². The number of aromatic nitrogens is 2. The summed E-state index contributed by atoms with van der Waals surface area (Å²) in [7, 11) is -3.73. The number of nitrogens with one attached hydrogen (secondary N) is 1. The molecule has 27 heavy (non-hydrogen) atoms. The second-order valence-corrected chi connectivity index (χ2v) is 8.51. The monoisotopic (exact) mass is 394 g/mol. The Kier molecular flexibility index (Phi) is 5.61. The molecular weight excluding hydrogens is 371 g/mol. The predicted molar refractivity (Wildman–Crippen MR) is 98.0 cm³/mol. The van der Waals surface area contributed by atoms with E-state index in [9.17, 15) is 13.2 Å². The summed E-state index contributed by atoms with van der Waals surface area (Å²) in [6.07, 6.45) is 2.41. The van der Waals surface area contributed by atoms with Gasteiger partial charge in [0.15, 0.2) is 5.67 Å². The van der Waals surface area contributed by atoms with Gasteiger partial charge in [0.25, 0.3) is 5.91 Å². The Morgan fingerprint density at radius 3 is 2.52 bits per heavy atom. The third-order valence-corrected chi connectivity index (χ3v) is 6.64. The summed E-state index contributed by atoms with van der Waals surface area (Å²) in [5.41, 5.74) is -1.18. The molecule has 1 aliphatic heterocycles. The highest BCUT2D eigenvalue weighted by Crippen LogP contribution is 2.30. The van der Waals surface area contributed by atoms with Gasteiger partial charge in [-0.25, -0.2) is 12.8 Å². The van der Waals surface area contributed by atoms with Crippen molar-refractivity contribution in [2.24, 2.45) is 0 Å². The number of piperidine rings is 1. The van der Waals surface area contributed by atoms with Crippen LogP contribution >= 0.6 is 0 Å². The van der Waals surface area contributed by atoms with Gasteiger partial charge in [-0.3, -0.25) is 9.48 Å². The Bertz CT molecular complexity index is 890. The molecule has 3 rings (SSSR count). The van der Waals surface area contributed by atoms with Crippen LogP contribution in [0, 0.1) is 0 Å². The molecule has 1 N–H and O–H groups in total. The molecule has 0 radical (unpaired) electrons. The van der Waals surface area contributed by atoms with Crippen LogP contribution in [0.4, 0.5) is 4.39 Å². The van der Waals surface area contributed by atoms with E-state index in [1.165, 1.54) is 21.4 Å². The molecule has 1 fully saturated rings. The lowest BCUT2D eigenvalue weighted by atomic mass is 9.93. The van der Waals surface area contributed by atoms with Gasteiger partial charge in [-0.05, 0) is 12.5 Å². The van der Waals surface area contributed by atoms with Crippen LogP contribution in [0.5, 0.6) is 0 Å². The first-order valence-corrected chi connectivity index (χ1v) is 10.3. The van der Waals surface area contributed by atoms with Crippen molar-refractivity contribution in [3.63, 3.8) is 0 Å². The molecule has 1 saturated heterocycles. The third kappa shape index (κ3) is 4.19. The minimum atomic E-state index is -3.73. The second kappa shape index (κ2) is 7.77. The minimum Gasteiger partial charge on any atom is -0.349 e. The van der Waals surface area contributed by atoms with Gasteiger partial charge in [-0.15, -0.1) is 0 Å². The summed E-state index contributed by atoms with van der Waals surface area (Å²) in [6, 6.07) is 9.24. The highest BCUT2D eigenvalue weighted by atomic mass is 32.2. The average molecular weight is 394 g/mol. The average Bonchev–Trinajstić information content (AvgIpc) is 3.17. The Labute approximate surface area is 158 Å². The smallest absolute Gasteiger partial charge is 0.258 e. The van der Waals surface area contributed by atoms with E-state index in [1.54, 1.807) is 0 Å². The molecule has 0 unspecified atom stereocenters. The maximum Gasteiger partial charge on any atom is 0.258 e. The Morgan fingerprint density at radius 1 is 1.26 bits per heavy atom. The lowest BCUT2D eigenvalue weighted by Crippen LogP contribution is -2.52. The van der Waals surface area contributed by atoms with Crippen LogP contribution in [-0.4, -0.2) is 47.2 Å². The first kappa shape index (κ1) is 19.5. The number of carbonyl (C=O) groups is 1. The fourth-order valence-electron chi connectivity index (χ4n) is 3.04. The van der Waals surface area contributed by atoms with Crippen LogP contribution in [-0.2, 0) is 27.9 Å². The van der Waals surface area contributed by atoms with Gasteiger partial charge < -0.3 is 5.32 Å². The summed E-state index contributed by atoms with van der Waals surface area (Å²) < 4.78 is 43.1. The largest absolute Gasteiger partial charge is 0.349 e. The van der Waals surface area contributed by atoms with E-state index in [0.717, 1.165) is 5.56 Å². The summed E-state index contributed by atoms with van der Waals surface area (Å²) in [6.45, 7) is 2.56. The SMILES string of the molecule is CCn1cc(S(=O)(=O)N2CCC(F)(C(=O)NCc3ccccc3)CC2)cn1. The van der Waals surface area contributed by atoms with E-state index in [1.807, 2.05) is 37.3 Å². The van der Waals surface area contributed by atoms with E-state index < -0.39 is 21.6 Å². The maximum absolute atomic E-state index is 15.0. The zero-order chi connectivity index (χ0) is 19.5. The summed E-state index contributed by atoms with van der Waals surface area (Å²) >= 11 is 0. The normalized spacial score (nSPS) is 17.6. The van der Waals surface area contributed by atoms with Gasteiger partial charge in [0, 0.05) is 45.2 Å². The first-order valence-electron chi connectivity index (χ1n) is 8.89. The van der Waals surface area contributed by atoms with Gasteiger partial charge in [-0.1, -0.05) is 30.3 Å². The highest BCUT2D eigenvalue weighted by Gasteiger charge is 2.44. The molecule has 1 amide bonds. The maximum atomic E-state index is 15.0. The molecule has 2 heterocycles. The zero-order valence-electron chi connectivity index (χ0n) is 15.1. The number of nitrogens with zero attached hydrogens (tertiary/aromatic N) is 3. The molecule has 0 atom stereocenters. The number of halogens is 1. The molecule has 0 bridgehead atoms. The summed E-state index contributed by atoms with van der Waals surface area (Å²) in [5.74, 6) is -0.692. The fourth-order valence-corrected chi connectivity index (χ4v) is 4.44. The lowest BCUT2D eigenvalue weighted by Gasteiger charge is -2.34. The van der Waals surface area contributed by atoms with Gasteiger partial charge in [0.1, 0.15) is 4.90 Å². The highest BCUT2D eigenvalue weighted by molar-refractivity contribution is 7.89. The molecule has 9 heteroatoms. The quantitative estimate of drug-likeness (QED) is 0.808. The van der Waals surface area contributed by atoms with E-state index in [-0.39, 0.29) is 37.4 Å². The fraction of sp³-hybridized carbons (Fsp3) is 0.444. The molecule has 0 saturated carbocycles. The molecule has 0 aliphatic carbocycles. The van der Waals surface area contributed by atoms with Crippen molar-refractivity contribution in [1.82, 2.24) is 19.4 Å². The molecule has 1 aromatic carbocycles. The van der Waals surface area contributed by atoms with Crippen molar-refractivity contribution in [1.29, 1.82) is 0 Å². The molecule has 1 aromatic heterocycles. The molecule has 7 nitrogen and oxygen atoms in total. The van der Waals surface area contributed by atoms with E-state index >= 15 is 4.39 Å². The second-order valence-electron chi connectivity index (χ2n) is 6.57. The number of carbonyl (C=O) groups excluding carboxylic acids is 1. The summed E-state index contributed by atoms with van der Waals surface area (Å²) in [4.78, 5) is 12.4. The van der Waals surface area contributed by atoms with Gasteiger partial charge in [0.05, 0.1) is 6.20 Å². The molecule has 146 valence electrons. The standard InChI is InChI=1S/C18H23FN4O3S/c1-2-22-14-16(13-21-22)27(25,26)23-10-8-18(19,9-11-23)17(24)20-12-15-6-4-3-5-7-15/h3-7,13-14H,2,8-12H2,1H3,(H,20,24). The Hall–Kier alpha value is -2.26. The van der Waals surface area contributed by atoms with E-state index in [2.05, 4.69) is 10.4 Å². The number of hydrogen-bond acceptors (Lipinski definition) is 4. The van der Waals surface area contributed by atoms with Crippen molar-refractivity contribution < 1.29 is 17.6 Å². The van der Waals surface area contributed by atoms with Gasteiger partial charge >= 0.3 is 0 Å². The number of alkyl halides is 1. The molecule has 0 spiro atoms. The lowest BCUT2D eigenvalue weighted by molar-refractivity contribution is -0.135. The van der Waals surface area contributed by atoms with Crippen molar-refractivity contribution in [2.75, 3.05) is 13.1 Å². The molecule has 1 aliphatic rings. The number of amides is 1. The third-order valence-electron chi connectivity index (χ3n) is 4.79. The molecule has 2 aromatic rings. The number of aryl methyl sites for hydroxylation is 1. The zero-order valence-corrected chi connectivity index (χ0v) is 16.0. The predicted octanol–water partition coefficient (Wildman–Crippen LogP) is 1.71. The van der Waals surface area contributed by atoms with Crippen LogP contribution in [0.3, 0.4) is 0 Å². The van der Waals surface area contributed by atoms with Crippen LogP contribution in [0.25, 0.3) is 0 Å². The van der Waals surface area contributed by atoms with Crippen LogP contribution in [0.2, 0.25) is 0 Å².